The maximum absolute atomic E-state index is 13.2. The molecule has 1 unspecified atom stereocenters. The summed E-state index contributed by atoms with van der Waals surface area (Å²) in [6, 6.07) is 21.3. The number of hydrogen-bond donors (Lipinski definition) is 1. The molecule has 0 radical (unpaired) electrons. The number of benzene rings is 2. The number of carbonyl (C=O) groups is 2. The summed E-state index contributed by atoms with van der Waals surface area (Å²) in [4.78, 5) is 28.1. The molecule has 2 heterocycles. The molecule has 2 amide bonds. The second-order valence-electron chi connectivity index (χ2n) is 7.64. The maximum Gasteiger partial charge on any atom is 0.268 e. The van der Waals surface area contributed by atoms with E-state index in [0.717, 1.165) is 36.3 Å². The number of nitrogens with one attached hydrogen (secondary N) is 1. The van der Waals surface area contributed by atoms with Gasteiger partial charge in [-0.05, 0) is 47.5 Å². The van der Waals surface area contributed by atoms with E-state index in [1.807, 2.05) is 72.1 Å². The van der Waals surface area contributed by atoms with Gasteiger partial charge in [0.15, 0.2) is 0 Å². The second kappa shape index (κ2) is 10.4. The Balaban J connectivity index is 1.49. The van der Waals surface area contributed by atoms with Crippen molar-refractivity contribution in [2.75, 3.05) is 18.1 Å². The predicted molar refractivity (Wildman–Crippen MR) is 123 cm³/mol. The number of carbonyl (C=O) groups excluding carboxylic acids is 2. The SMILES string of the molecule is O=C(Cc1cccc(N(Cc2ccccc2)C(=O)c2cccs2)c1)NCC1CCCO1. The van der Waals surface area contributed by atoms with E-state index < -0.39 is 0 Å². The topological polar surface area (TPSA) is 58.6 Å². The van der Waals surface area contributed by atoms with Crippen molar-refractivity contribution in [1.82, 2.24) is 5.32 Å². The summed E-state index contributed by atoms with van der Waals surface area (Å²) < 4.78 is 5.56. The summed E-state index contributed by atoms with van der Waals surface area (Å²) in [6.07, 6.45) is 2.44. The van der Waals surface area contributed by atoms with Gasteiger partial charge in [-0.1, -0.05) is 48.5 Å². The van der Waals surface area contributed by atoms with Crippen molar-refractivity contribution in [2.45, 2.75) is 31.9 Å². The molecule has 1 aromatic heterocycles. The van der Waals surface area contributed by atoms with Gasteiger partial charge in [-0.15, -0.1) is 11.3 Å². The van der Waals surface area contributed by atoms with Crippen LogP contribution in [0.5, 0.6) is 0 Å². The standard InChI is InChI=1S/C25H26N2O3S/c28-24(26-17-22-11-5-13-30-22)16-20-9-4-10-21(15-20)27(18-19-7-2-1-3-8-19)25(29)23-12-6-14-31-23/h1-4,6-10,12,14-15,22H,5,11,13,16-18H2,(H,26,28). The molecule has 160 valence electrons. The lowest BCUT2D eigenvalue weighted by molar-refractivity contribution is -0.120. The molecule has 1 aliphatic heterocycles. The van der Waals surface area contributed by atoms with Crippen LogP contribution in [-0.4, -0.2) is 31.1 Å². The Morgan fingerprint density at radius 1 is 1.03 bits per heavy atom. The van der Waals surface area contributed by atoms with Crippen LogP contribution in [0.25, 0.3) is 0 Å². The molecule has 0 bridgehead atoms. The van der Waals surface area contributed by atoms with Gasteiger partial charge in [-0.25, -0.2) is 0 Å². The highest BCUT2D eigenvalue weighted by atomic mass is 32.1. The van der Waals surface area contributed by atoms with Gasteiger partial charge in [-0.3, -0.25) is 9.59 Å². The fourth-order valence-electron chi connectivity index (χ4n) is 3.69. The van der Waals surface area contributed by atoms with Crippen molar-refractivity contribution in [3.05, 3.63) is 88.1 Å². The van der Waals surface area contributed by atoms with E-state index in [-0.39, 0.29) is 24.3 Å². The van der Waals surface area contributed by atoms with Gasteiger partial charge >= 0.3 is 0 Å². The third kappa shape index (κ3) is 5.81. The first-order valence-corrected chi connectivity index (χ1v) is 11.4. The fraction of sp³-hybridized carbons (Fsp3) is 0.280. The molecule has 1 saturated heterocycles. The summed E-state index contributed by atoms with van der Waals surface area (Å²) in [5.41, 5.74) is 2.71. The van der Waals surface area contributed by atoms with Crippen molar-refractivity contribution in [3.63, 3.8) is 0 Å². The average molecular weight is 435 g/mol. The van der Waals surface area contributed by atoms with Gasteiger partial charge in [0.2, 0.25) is 5.91 Å². The minimum Gasteiger partial charge on any atom is -0.376 e. The van der Waals surface area contributed by atoms with E-state index in [2.05, 4.69) is 5.32 Å². The van der Waals surface area contributed by atoms with E-state index >= 15 is 0 Å². The minimum absolute atomic E-state index is 0.0353. The molecule has 1 N–H and O–H groups in total. The summed E-state index contributed by atoms with van der Waals surface area (Å²) in [6.45, 7) is 1.79. The van der Waals surface area contributed by atoms with E-state index in [4.69, 9.17) is 4.74 Å². The van der Waals surface area contributed by atoms with Crippen molar-refractivity contribution >= 4 is 28.8 Å². The van der Waals surface area contributed by atoms with E-state index in [0.29, 0.717) is 18.0 Å². The van der Waals surface area contributed by atoms with Gasteiger partial charge < -0.3 is 15.0 Å². The zero-order valence-corrected chi connectivity index (χ0v) is 18.1. The summed E-state index contributed by atoms with van der Waals surface area (Å²) in [7, 11) is 0. The van der Waals surface area contributed by atoms with Gasteiger partial charge in [0, 0.05) is 18.8 Å². The van der Waals surface area contributed by atoms with Crippen LogP contribution in [0.2, 0.25) is 0 Å². The lowest BCUT2D eigenvalue weighted by atomic mass is 10.1. The van der Waals surface area contributed by atoms with Crippen molar-refractivity contribution < 1.29 is 14.3 Å². The number of anilines is 1. The van der Waals surface area contributed by atoms with Gasteiger partial charge in [0.25, 0.3) is 5.91 Å². The minimum atomic E-state index is -0.0427. The number of nitrogens with zero attached hydrogens (tertiary/aromatic N) is 1. The van der Waals surface area contributed by atoms with Crippen LogP contribution in [-0.2, 0) is 22.5 Å². The molecular formula is C25H26N2O3S. The van der Waals surface area contributed by atoms with E-state index in [1.165, 1.54) is 11.3 Å². The van der Waals surface area contributed by atoms with E-state index in [1.54, 1.807) is 4.90 Å². The summed E-state index contributed by atoms with van der Waals surface area (Å²) >= 11 is 1.43. The number of rotatable bonds is 8. The first-order valence-electron chi connectivity index (χ1n) is 10.6. The number of amides is 2. The zero-order chi connectivity index (χ0) is 21.5. The van der Waals surface area contributed by atoms with Crippen LogP contribution in [0.15, 0.2) is 72.1 Å². The number of hydrogen-bond acceptors (Lipinski definition) is 4. The Morgan fingerprint density at radius 3 is 2.61 bits per heavy atom. The highest BCUT2D eigenvalue weighted by Crippen LogP contribution is 2.23. The number of thiophene rings is 1. The van der Waals surface area contributed by atoms with Gasteiger partial charge in [0.1, 0.15) is 0 Å². The van der Waals surface area contributed by atoms with Crippen LogP contribution in [0, 0.1) is 0 Å². The predicted octanol–water partition coefficient (Wildman–Crippen LogP) is 4.43. The first kappa shape index (κ1) is 21.3. The third-order valence-electron chi connectivity index (χ3n) is 5.30. The Morgan fingerprint density at radius 2 is 1.87 bits per heavy atom. The molecule has 3 aromatic rings. The van der Waals surface area contributed by atoms with Crippen LogP contribution < -0.4 is 10.2 Å². The first-order chi connectivity index (χ1) is 15.2. The lowest BCUT2D eigenvalue weighted by Gasteiger charge is -2.23. The van der Waals surface area contributed by atoms with Crippen molar-refractivity contribution in [1.29, 1.82) is 0 Å². The maximum atomic E-state index is 13.2. The molecule has 1 fully saturated rings. The Hall–Kier alpha value is -2.96. The summed E-state index contributed by atoms with van der Waals surface area (Å²) in [5.74, 6) is -0.0781. The van der Waals surface area contributed by atoms with Crippen LogP contribution in [0.3, 0.4) is 0 Å². The van der Waals surface area contributed by atoms with Gasteiger partial charge in [-0.2, -0.15) is 0 Å². The van der Waals surface area contributed by atoms with Gasteiger partial charge in [0.05, 0.1) is 23.9 Å². The average Bonchev–Trinajstić information content (AvgIpc) is 3.51. The lowest BCUT2D eigenvalue weighted by Crippen LogP contribution is -2.33. The highest BCUT2D eigenvalue weighted by molar-refractivity contribution is 7.12. The normalized spacial score (nSPS) is 15.5. The Kier molecular flexibility index (Phi) is 7.12. The molecule has 6 heteroatoms. The molecule has 31 heavy (non-hydrogen) atoms. The molecule has 4 rings (SSSR count). The number of ether oxygens (including phenoxy) is 1. The smallest absolute Gasteiger partial charge is 0.268 e. The molecule has 2 aromatic carbocycles. The van der Waals surface area contributed by atoms with Crippen molar-refractivity contribution in [2.24, 2.45) is 0 Å². The Labute approximate surface area is 186 Å². The van der Waals surface area contributed by atoms with Crippen LogP contribution in [0.4, 0.5) is 5.69 Å². The monoisotopic (exact) mass is 434 g/mol. The zero-order valence-electron chi connectivity index (χ0n) is 17.3. The van der Waals surface area contributed by atoms with Crippen LogP contribution in [0.1, 0.15) is 33.6 Å². The van der Waals surface area contributed by atoms with Crippen molar-refractivity contribution in [3.8, 4) is 0 Å². The Bertz CT molecular complexity index is 999. The fourth-order valence-corrected chi connectivity index (χ4v) is 4.37. The molecule has 5 nitrogen and oxygen atoms in total. The quantitative estimate of drug-likeness (QED) is 0.571. The largest absolute Gasteiger partial charge is 0.376 e. The molecular weight excluding hydrogens is 408 g/mol. The van der Waals surface area contributed by atoms with E-state index in [9.17, 15) is 9.59 Å². The second-order valence-corrected chi connectivity index (χ2v) is 8.59. The summed E-state index contributed by atoms with van der Waals surface area (Å²) in [5, 5.41) is 4.87. The molecule has 1 atom stereocenters. The van der Waals surface area contributed by atoms with Crippen LogP contribution >= 0.6 is 11.3 Å². The molecule has 0 spiro atoms. The highest BCUT2D eigenvalue weighted by Gasteiger charge is 2.20. The molecule has 0 aliphatic carbocycles. The third-order valence-corrected chi connectivity index (χ3v) is 6.16. The molecule has 0 saturated carbocycles. The molecule has 1 aliphatic rings.